The summed E-state index contributed by atoms with van der Waals surface area (Å²) in [6, 6.07) is 8.71. The molecule has 1 saturated carbocycles. The average Bonchev–Trinajstić information content (AvgIpc) is 2.45. The van der Waals surface area contributed by atoms with Crippen molar-refractivity contribution >= 4 is 10.0 Å². The van der Waals surface area contributed by atoms with E-state index in [0.717, 1.165) is 0 Å². The predicted octanol–water partition coefficient (Wildman–Crippen LogP) is 2.64. The molecule has 1 aliphatic carbocycles. The lowest BCUT2D eigenvalue weighted by Crippen LogP contribution is -2.41. The molecule has 2 rings (SSSR count). The van der Waals surface area contributed by atoms with Gasteiger partial charge in [-0.3, -0.25) is 0 Å². The molecule has 1 aromatic rings. The molecule has 0 spiro atoms. The number of hydrogen-bond donors (Lipinski definition) is 2. The smallest absolute Gasteiger partial charge is 0.248 e. The van der Waals surface area contributed by atoms with Crippen LogP contribution in [0.5, 0.6) is 0 Å². The minimum absolute atomic E-state index is 0.167. The molecule has 1 aromatic carbocycles. The molecule has 2 N–H and O–H groups in total. The molecule has 0 bridgehead atoms. The standard InChI is InChI=1S/C16H23F2NO3S/c1-15(20,14-7-3-2-4-8-14)12-19-23(21,22)11-13-6-5-9-16(17,18)10-13/h2-4,7-8,13,19-20H,5-6,9-12H2,1H3/t13-,15+/m0/s1. The Morgan fingerprint density at radius 1 is 1.35 bits per heavy atom. The maximum absolute atomic E-state index is 13.4. The molecule has 1 fully saturated rings. The van der Waals surface area contributed by atoms with Crippen LogP contribution < -0.4 is 4.72 Å². The normalized spacial score (nSPS) is 24.1. The van der Waals surface area contributed by atoms with E-state index < -0.39 is 27.5 Å². The SMILES string of the molecule is C[C@@](O)(CNS(=O)(=O)C[C@H]1CCCC(F)(F)C1)c1ccccc1. The number of benzene rings is 1. The number of nitrogens with one attached hydrogen (secondary N) is 1. The first-order chi connectivity index (χ1) is 10.6. The molecule has 0 aromatic heterocycles. The number of aliphatic hydroxyl groups is 1. The summed E-state index contributed by atoms with van der Waals surface area (Å²) in [6.45, 7) is 1.32. The van der Waals surface area contributed by atoms with Crippen LogP contribution in [0.15, 0.2) is 30.3 Å². The second-order valence-electron chi connectivity index (χ2n) is 6.56. The topological polar surface area (TPSA) is 66.4 Å². The molecule has 0 radical (unpaired) electrons. The molecule has 0 aliphatic heterocycles. The molecule has 0 heterocycles. The molecule has 1 aliphatic rings. The highest BCUT2D eigenvalue weighted by atomic mass is 32.2. The summed E-state index contributed by atoms with van der Waals surface area (Å²) in [7, 11) is -3.72. The fourth-order valence-electron chi connectivity index (χ4n) is 2.94. The second kappa shape index (κ2) is 6.83. The molecule has 7 heteroatoms. The van der Waals surface area contributed by atoms with Crippen LogP contribution in [0, 0.1) is 5.92 Å². The molecule has 130 valence electrons. The Balaban J connectivity index is 1.94. The minimum Gasteiger partial charge on any atom is -0.384 e. The Kier molecular flexibility index (Phi) is 5.43. The molecule has 0 saturated heterocycles. The van der Waals surface area contributed by atoms with E-state index in [0.29, 0.717) is 18.4 Å². The summed E-state index contributed by atoms with van der Waals surface area (Å²) in [5.41, 5.74) is -0.767. The van der Waals surface area contributed by atoms with Gasteiger partial charge in [-0.15, -0.1) is 0 Å². The molecule has 0 amide bonds. The minimum atomic E-state index is -3.72. The van der Waals surface area contributed by atoms with Gasteiger partial charge in [0.2, 0.25) is 15.9 Å². The van der Waals surface area contributed by atoms with Gasteiger partial charge in [-0.1, -0.05) is 30.3 Å². The van der Waals surface area contributed by atoms with Crippen LogP contribution >= 0.6 is 0 Å². The van der Waals surface area contributed by atoms with Gasteiger partial charge < -0.3 is 5.11 Å². The zero-order valence-corrected chi connectivity index (χ0v) is 14.0. The van der Waals surface area contributed by atoms with Crippen molar-refractivity contribution < 1.29 is 22.3 Å². The van der Waals surface area contributed by atoms with E-state index in [-0.39, 0.29) is 25.1 Å². The maximum Gasteiger partial charge on any atom is 0.248 e. The third kappa shape index (κ3) is 5.51. The highest BCUT2D eigenvalue weighted by Gasteiger charge is 2.38. The van der Waals surface area contributed by atoms with Crippen LogP contribution in [-0.4, -0.2) is 31.7 Å². The fraction of sp³-hybridized carbons (Fsp3) is 0.625. The fourth-order valence-corrected chi connectivity index (χ4v) is 4.46. The van der Waals surface area contributed by atoms with Crippen LogP contribution in [0.1, 0.15) is 38.2 Å². The molecule has 4 nitrogen and oxygen atoms in total. The molecule has 0 unspecified atom stereocenters. The Morgan fingerprint density at radius 3 is 2.61 bits per heavy atom. The van der Waals surface area contributed by atoms with E-state index in [1.165, 1.54) is 6.92 Å². The third-order valence-corrected chi connectivity index (χ3v) is 5.72. The first kappa shape index (κ1) is 18.3. The van der Waals surface area contributed by atoms with Crippen molar-refractivity contribution in [1.82, 2.24) is 4.72 Å². The number of rotatable bonds is 6. The van der Waals surface area contributed by atoms with Crippen LogP contribution in [0.4, 0.5) is 8.78 Å². The largest absolute Gasteiger partial charge is 0.384 e. The van der Waals surface area contributed by atoms with E-state index in [1.807, 2.05) is 0 Å². The summed E-state index contributed by atoms with van der Waals surface area (Å²) in [5.74, 6) is -3.64. The zero-order valence-electron chi connectivity index (χ0n) is 13.1. The van der Waals surface area contributed by atoms with Gasteiger partial charge in [-0.2, -0.15) is 0 Å². The summed E-state index contributed by atoms with van der Waals surface area (Å²) in [6.07, 6.45) is 0.281. The quantitative estimate of drug-likeness (QED) is 0.831. The number of sulfonamides is 1. The van der Waals surface area contributed by atoms with Gasteiger partial charge in [0.25, 0.3) is 0 Å². The van der Waals surface area contributed by atoms with Crippen molar-refractivity contribution in [1.29, 1.82) is 0 Å². The van der Waals surface area contributed by atoms with Gasteiger partial charge >= 0.3 is 0 Å². The van der Waals surface area contributed by atoms with Crippen molar-refractivity contribution in [3.63, 3.8) is 0 Å². The van der Waals surface area contributed by atoms with Gasteiger partial charge in [0, 0.05) is 19.4 Å². The van der Waals surface area contributed by atoms with Crippen molar-refractivity contribution in [3.05, 3.63) is 35.9 Å². The van der Waals surface area contributed by atoms with Gasteiger partial charge in [0.05, 0.1) is 5.75 Å². The molecule has 23 heavy (non-hydrogen) atoms. The predicted molar refractivity (Wildman–Crippen MR) is 84.7 cm³/mol. The molecule has 2 atom stereocenters. The van der Waals surface area contributed by atoms with Gasteiger partial charge in [-0.25, -0.2) is 21.9 Å². The first-order valence-corrected chi connectivity index (χ1v) is 9.38. The Hall–Kier alpha value is -1.05. The molecular formula is C16H23F2NO3S. The second-order valence-corrected chi connectivity index (χ2v) is 8.41. The van der Waals surface area contributed by atoms with Crippen LogP contribution in [-0.2, 0) is 15.6 Å². The Morgan fingerprint density at radius 2 is 2.00 bits per heavy atom. The number of halogens is 2. The van der Waals surface area contributed by atoms with Gasteiger partial charge in [0.1, 0.15) is 5.60 Å². The van der Waals surface area contributed by atoms with Crippen LogP contribution in [0.3, 0.4) is 0 Å². The first-order valence-electron chi connectivity index (χ1n) is 7.73. The summed E-state index contributed by atoms with van der Waals surface area (Å²) < 4.78 is 53.3. The van der Waals surface area contributed by atoms with E-state index in [1.54, 1.807) is 30.3 Å². The van der Waals surface area contributed by atoms with Gasteiger partial charge in [0.15, 0.2) is 0 Å². The highest BCUT2D eigenvalue weighted by molar-refractivity contribution is 7.89. The highest BCUT2D eigenvalue weighted by Crippen LogP contribution is 2.37. The summed E-state index contributed by atoms with van der Waals surface area (Å²) >= 11 is 0. The van der Waals surface area contributed by atoms with E-state index in [9.17, 15) is 22.3 Å². The zero-order chi connectivity index (χ0) is 17.1. The van der Waals surface area contributed by atoms with Crippen LogP contribution in [0.2, 0.25) is 0 Å². The lowest BCUT2D eigenvalue weighted by atomic mass is 9.88. The maximum atomic E-state index is 13.4. The van der Waals surface area contributed by atoms with Crippen LogP contribution in [0.25, 0.3) is 0 Å². The molecular weight excluding hydrogens is 324 g/mol. The van der Waals surface area contributed by atoms with Crippen molar-refractivity contribution in [2.24, 2.45) is 5.92 Å². The number of hydrogen-bond acceptors (Lipinski definition) is 3. The monoisotopic (exact) mass is 347 g/mol. The Bertz CT molecular complexity index is 617. The summed E-state index contributed by atoms with van der Waals surface area (Å²) in [5, 5.41) is 10.4. The van der Waals surface area contributed by atoms with Crippen molar-refractivity contribution in [2.75, 3.05) is 12.3 Å². The Labute approximate surface area is 136 Å². The van der Waals surface area contributed by atoms with Gasteiger partial charge in [-0.05, 0) is 31.2 Å². The average molecular weight is 347 g/mol. The summed E-state index contributed by atoms with van der Waals surface area (Å²) in [4.78, 5) is 0. The van der Waals surface area contributed by atoms with E-state index in [4.69, 9.17) is 0 Å². The third-order valence-electron chi connectivity index (χ3n) is 4.23. The lowest BCUT2D eigenvalue weighted by molar-refractivity contribution is -0.0489. The number of alkyl halides is 2. The van der Waals surface area contributed by atoms with Crippen molar-refractivity contribution in [3.8, 4) is 0 Å². The van der Waals surface area contributed by atoms with E-state index >= 15 is 0 Å². The van der Waals surface area contributed by atoms with E-state index in [2.05, 4.69) is 4.72 Å². The lowest BCUT2D eigenvalue weighted by Gasteiger charge is -2.29. The van der Waals surface area contributed by atoms with Crippen molar-refractivity contribution in [2.45, 2.75) is 44.1 Å².